The fourth-order valence-corrected chi connectivity index (χ4v) is 1.68. The molecule has 0 fully saturated rings. The maximum absolute atomic E-state index is 11.3. The van der Waals surface area contributed by atoms with Gasteiger partial charge in [-0.05, 0) is 25.1 Å². The predicted octanol–water partition coefficient (Wildman–Crippen LogP) is 1.77. The van der Waals surface area contributed by atoms with Gasteiger partial charge in [0.15, 0.2) is 5.78 Å². The van der Waals surface area contributed by atoms with Gasteiger partial charge in [0.1, 0.15) is 11.4 Å². The molecule has 0 spiro atoms. The van der Waals surface area contributed by atoms with Crippen LogP contribution in [0.4, 0.5) is 0 Å². The van der Waals surface area contributed by atoms with E-state index in [0.29, 0.717) is 10.9 Å². The highest BCUT2D eigenvalue weighted by Gasteiger charge is 2.15. The molecule has 1 aromatic heterocycles. The number of aromatic nitrogens is 1. The van der Waals surface area contributed by atoms with E-state index in [2.05, 4.69) is 4.98 Å². The number of fused-ring (bicyclic) bond motifs is 1. The van der Waals surface area contributed by atoms with Gasteiger partial charge in [0.25, 0.3) is 0 Å². The summed E-state index contributed by atoms with van der Waals surface area (Å²) in [6, 6.07) is 4.23. The molecule has 1 heterocycles. The fraction of sp³-hybridized carbons (Fsp3) is 0.0909. The van der Waals surface area contributed by atoms with E-state index in [4.69, 9.17) is 5.11 Å². The van der Waals surface area contributed by atoms with Crippen LogP contribution in [0, 0.1) is 0 Å². The summed E-state index contributed by atoms with van der Waals surface area (Å²) in [5.74, 6) is -1.56. The number of ketones is 1. The SMILES string of the molecule is CC(=O)c1c(O)ccc2[nH]c(C(=O)O)cc12. The molecule has 3 N–H and O–H groups in total. The van der Waals surface area contributed by atoms with E-state index in [9.17, 15) is 14.7 Å². The Morgan fingerprint density at radius 3 is 2.56 bits per heavy atom. The molecule has 0 radical (unpaired) electrons. The van der Waals surface area contributed by atoms with Crippen LogP contribution in [0.2, 0.25) is 0 Å². The molecule has 0 saturated heterocycles. The zero-order valence-electron chi connectivity index (χ0n) is 8.44. The summed E-state index contributed by atoms with van der Waals surface area (Å²) in [5, 5.41) is 18.8. The lowest BCUT2D eigenvalue weighted by molar-refractivity contribution is 0.0691. The van der Waals surface area contributed by atoms with Gasteiger partial charge in [0, 0.05) is 10.9 Å². The first-order valence-electron chi connectivity index (χ1n) is 4.59. The summed E-state index contributed by atoms with van der Waals surface area (Å²) >= 11 is 0. The Morgan fingerprint density at radius 1 is 1.31 bits per heavy atom. The normalized spacial score (nSPS) is 10.6. The van der Waals surface area contributed by atoms with Crippen LogP contribution in [0.1, 0.15) is 27.8 Å². The highest BCUT2D eigenvalue weighted by Crippen LogP contribution is 2.28. The summed E-state index contributed by atoms with van der Waals surface area (Å²) in [5.41, 5.74) is 0.643. The Morgan fingerprint density at radius 2 is 2.00 bits per heavy atom. The van der Waals surface area contributed by atoms with Crippen LogP contribution < -0.4 is 0 Å². The molecule has 1 aromatic carbocycles. The second-order valence-electron chi connectivity index (χ2n) is 3.47. The summed E-state index contributed by atoms with van der Waals surface area (Å²) in [6.45, 7) is 1.32. The zero-order chi connectivity index (χ0) is 11.9. The van der Waals surface area contributed by atoms with E-state index in [1.54, 1.807) is 0 Å². The van der Waals surface area contributed by atoms with Gasteiger partial charge in [-0.3, -0.25) is 4.79 Å². The van der Waals surface area contributed by atoms with Gasteiger partial charge in [-0.25, -0.2) is 4.79 Å². The van der Waals surface area contributed by atoms with Crippen LogP contribution in [-0.2, 0) is 0 Å². The van der Waals surface area contributed by atoms with Crippen molar-refractivity contribution in [2.75, 3.05) is 0 Å². The van der Waals surface area contributed by atoms with E-state index in [0.717, 1.165) is 0 Å². The molecule has 0 saturated carbocycles. The van der Waals surface area contributed by atoms with Crippen LogP contribution in [-0.4, -0.2) is 26.9 Å². The van der Waals surface area contributed by atoms with Gasteiger partial charge in [-0.2, -0.15) is 0 Å². The minimum absolute atomic E-state index is 0.0110. The lowest BCUT2D eigenvalue weighted by Crippen LogP contribution is -1.94. The number of aromatic amines is 1. The van der Waals surface area contributed by atoms with E-state index >= 15 is 0 Å². The average Bonchev–Trinajstić information content (AvgIpc) is 2.60. The smallest absolute Gasteiger partial charge is 0.352 e. The second kappa shape index (κ2) is 3.37. The number of hydrogen-bond acceptors (Lipinski definition) is 3. The lowest BCUT2D eigenvalue weighted by atomic mass is 10.1. The van der Waals surface area contributed by atoms with Gasteiger partial charge < -0.3 is 15.2 Å². The van der Waals surface area contributed by atoms with Crippen molar-refractivity contribution in [1.82, 2.24) is 4.98 Å². The number of H-pyrrole nitrogens is 1. The van der Waals surface area contributed by atoms with Crippen LogP contribution in [0.25, 0.3) is 10.9 Å². The monoisotopic (exact) mass is 219 g/mol. The highest BCUT2D eigenvalue weighted by molar-refractivity contribution is 6.10. The Kier molecular flexibility index (Phi) is 2.16. The standard InChI is InChI=1S/C11H9NO4/c1-5(13)10-6-4-8(11(15)16)12-7(6)2-3-9(10)14/h2-4,12,14H,1H3,(H,15,16). The number of rotatable bonds is 2. The van der Waals surface area contributed by atoms with Crippen molar-refractivity contribution >= 4 is 22.7 Å². The Bertz CT molecular complexity index is 597. The van der Waals surface area contributed by atoms with Gasteiger partial charge in [0.05, 0.1) is 5.56 Å². The number of phenols is 1. The molecule has 0 unspecified atom stereocenters. The van der Waals surface area contributed by atoms with E-state index < -0.39 is 5.97 Å². The minimum atomic E-state index is -1.11. The number of carbonyl (C=O) groups excluding carboxylic acids is 1. The Balaban J connectivity index is 2.82. The molecule has 2 aromatic rings. The van der Waals surface area contributed by atoms with Crippen molar-refractivity contribution in [3.8, 4) is 5.75 Å². The van der Waals surface area contributed by atoms with Crippen LogP contribution >= 0.6 is 0 Å². The number of hydrogen-bond donors (Lipinski definition) is 3. The third kappa shape index (κ3) is 1.42. The second-order valence-corrected chi connectivity index (χ2v) is 3.47. The zero-order valence-corrected chi connectivity index (χ0v) is 8.44. The van der Waals surface area contributed by atoms with Crippen LogP contribution in [0.5, 0.6) is 5.75 Å². The van der Waals surface area contributed by atoms with E-state index in [1.165, 1.54) is 25.1 Å². The maximum atomic E-state index is 11.3. The first kappa shape index (κ1) is 10.2. The molecule has 0 aliphatic carbocycles. The molecule has 0 aliphatic heterocycles. The molecule has 0 amide bonds. The Labute approximate surface area is 90.3 Å². The highest BCUT2D eigenvalue weighted by atomic mass is 16.4. The number of benzene rings is 1. The topological polar surface area (TPSA) is 90.4 Å². The summed E-state index contributed by atoms with van der Waals surface area (Å²) in [6.07, 6.45) is 0. The average molecular weight is 219 g/mol. The fourth-order valence-electron chi connectivity index (χ4n) is 1.68. The third-order valence-corrected chi connectivity index (χ3v) is 2.36. The van der Waals surface area contributed by atoms with Gasteiger partial charge >= 0.3 is 5.97 Å². The van der Waals surface area contributed by atoms with Crippen molar-refractivity contribution in [2.24, 2.45) is 0 Å². The van der Waals surface area contributed by atoms with Crippen molar-refractivity contribution in [3.63, 3.8) is 0 Å². The summed E-state index contributed by atoms with van der Waals surface area (Å²) in [4.78, 5) is 24.8. The molecule has 2 rings (SSSR count). The molecule has 5 heteroatoms. The van der Waals surface area contributed by atoms with Gasteiger partial charge in [0.2, 0.25) is 0 Å². The van der Waals surface area contributed by atoms with Crippen molar-refractivity contribution < 1.29 is 19.8 Å². The van der Waals surface area contributed by atoms with Crippen molar-refractivity contribution in [1.29, 1.82) is 0 Å². The molecule has 82 valence electrons. The molecular formula is C11H9NO4. The largest absolute Gasteiger partial charge is 0.507 e. The number of carboxylic acid groups (broad SMARTS) is 1. The van der Waals surface area contributed by atoms with Gasteiger partial charge in [-0.15, -0.1) is 0 Å². The number of aromatic hydroxyl groups is 1. The lowest BCUT2D eigenvalue weighted by Gasteiger charge is -2.01. The number of carbonyl (C=O) groups is 2. The van der Waals surface area contributed by atoms with Crippen LogP contribution in [0.3, 0.4) is 0 Å². The van der Waals surface area contributed by atoms with Crippen molar-refractivity contribution in [3.05, 3.63) is 29.5 Å². The molecule has 0 bridgehead atoms. The molecule has 5 nitrogen and oxygen atoms in total. The maximum Gasteiger partial charge on any atom is 0.352 e. The first-order valence-corrected chi connectivity index (χ1v) is 4.59. The number of aromatic carboxylic acids is 1. The van der Waals surface area contributed by atoms with E-state index in [-0.39, 0.29) is 22.8 Å². The first-order chi connectivity index (χ1) is 7.50. The predicted molar refractivity (Wildman–Crippen MR) is 56.9 cm³/mol. The van der Waals surface area contributed by atoms with Crippen LogP contribution in [0.15, 0.2) is 18.2 Å². The number of nitrogens with one attached hydrogen (secondary N) is 1. The number of Topliss-reactive ketones (excluding diaryl/α,β-unsaturated/α-hetero) is 1. The summed E-state index contributed by atoms with van der Waals surface area (Å²) in [7, 11) is 0. The molecule has 0 aliphatic rings. The number of phenolic OH excluding ortho intramolecular Hbond substituents is 1. The van der Waals surface area contributed by atoms with Crippen molar-refractivity contribution in [2.45, 2.75) is 6.92 Å². The Hall–Kier alpha value is -2.30. The number of carboxylic acids is 1. The molecular weight excluding hydrogens is 210 g/mol. The molecule has 16 heavy (non-hydrogen) atoms. The quantitative estimate of drug-likeness (QED) is 0.671. The van der Waals surface area contributed by atoms with E-state index in [1.807, 2.05) is 0 Å². The minimum Gasteiger partial charge on any atom is -0.507 e. The third-order valence-electron chi connectivity index (χ3n) is 2.36. The summed E-state index contributed by atoms with van der Waals surface area (Å²) < 4.78 is 0. The molecule has 0 atom stereocenters. The van der Waals surface area contributed by atoms with Gasteiger partial charge in [-0.1, -0.05) is 0 Å².